The van der Waals surface area contributed by atoms with E-state index in [1.807, 2.05) is 25.2 Å². The molecule has 0 radical (unpaired) electrons. The van der Waals surface area contributed by atoms with Crippen molar-refractivity contribution in [3.05, 3.63) is 29.3 Å². The molecule has 0 saturated carbocycles. The average Bonchev–Trinajstić information content (AvgIpc) is 2.78. The number of likely N-dealkylation sites (N-methyl/N-ethyl adjacent to an activating group) is 1. The number of esters is 1. The Morgan fingerprint density at radius 3 is 2.84 bits per heavy atom. The van der Waals surface area contributed by atoms with Crippen LogP contribution < -0.4 is 4.90 Å². The number of carbonyl (C=O) groups is 2. The van der Waals surface area contributed by atoms with Crippen molar-refractivity contribution in [3.8, 4) is 0 Å². The summed E-state index contributed by atoms with van der Waals surface area (Å²) in [7, 11) is 3.39. The summed E-state index contributed by atoms with van der Waals surface area (Å²) in [6.07, 6.45) is 1.17. The highest BCUT2D eigenvalue weighted by Crippen LogP contribution is 2.28. The van der Waals surface area contributed by atoms with Gasteiger partial charge in [0.2, 0.25) is 0 Å². The Hall–Kier alpha value is -1.84. The van der Waals surface area contributed by atoms with Crippen LogP contribution in [0.3, 0.4) is 0 Å². The van der Waals surface area contributed by atoms with Crippen molar-refractivity contribution in [2.75, 3.05) is 25.6 Å². The van der Waals surface area contributed by atoms with Gasteiger partial charge < -0.3 is 9.64 Å². The molecular formula is C15H19NO3. The monoisotopic (exact) mass is 261 g/mol. The molecule has 102 valence electrons. The number of ether oxygens (including phenoxy) is 1. The first-order chi connectivity index (χ1) is 9.02. The SMILES string of the molecule is COC(=O)C(C)CC(=O)c1ccc2c(c1)CCN2C. The maximum absolute atomic E-state index is 12.1. The smallest absolute Gasteiger partial charge is 0.308 e. The normalized spacial score (nSPS) is 15.0. The highest BCUT2D eigenvalue weighted by atomic mass is 16.5. The number of hydrogen-bond donors (Lipinski definition) is 0. The molecule has 0 aromatic heterocycles. The highest BCUT2D eigenvalue weighted by Gasteiger charge is 2.21. The summed E-state index contributed by atoms with van der Waals surface area (Å²) < 4.78 is 4.64. The van der Waals surface area contributed by atoms with Gasteiger partial charge in [-0.3, -0.25) is 9.59 Å². The quantitative estimate of drug-likeness (QED) is 0.615. The summed E-state index contributed by atoms with van der Waals surface area (Å²) in [4.78, 5) is 25.6. The van der Waals surface area contributed by atoms with E-state index in [-0.39, 0.29) is 18.2 Å². The molecule has 0 amide bonds. The van der Waals surface area contributed by atoms with Crippen LogP contribution in [-0.2, 0) is 16.0 Å². The molecule has 2 rings (SSSR count). The van der Waals surface area contributed by atoms with E-state index in [0.29, 0.717) is 5.56 Å². The van der Waals surface area contributed by atoms with Gasteiger partial charge in [-0.25, -0.2) is 0 Å². The van der Waals surface area contributed by atoms with Gasteiger partial charge in [-0.1, -0.05) is 6.92 Å². The fourth-order valence-electron chi connectivity index (χ4n) is 2.42. The topological polar surface area (TPSA) is 46.6 Å². The van der Waals surface area contributed by atoms with E-state index in [2.05, 4.69) is 9.64 Å². The van der Waals surface area contributed by atoms with Gasteiger partial charge in [0, 0.05) is 31.3 Å². The minimum atomic E-state index is -0.395. The van der Waals surface area contributed by atoms with Crippen LogP contribution >= 0.6 is 0 Å². The van der Waals surface area contributed by atoms with Crippen molar-refractivity contribution in [3.63, 3.8) is 0 Å². The first-order valence-corrected chi connectivity index (χ1v) is 6.48. The highest BCUT2D eigenvalue weighted by molar-refractivity contribution is 5.98. The van der Waals surface area contributed by atoms with Crippen LogP contribution in [0.2, 0.25) is 0 Å². The van der Waals surface area contributed by atoms with Crippen LogP contribution in [0.15, 0.2) is 18.2 Å². The number of hydrogen-bond acceptors (Lipinski definition) is 4. The molecule has 1 aliphatic heterocycles. The zero-order chi connectivity index (χ0) is 14.0. The summed E-state index contributed by atoms with van der Waals surface area (Å²) in [5, 5.41) is 0. The van der Waals surface area contributed by atoms with Crippen molar-refractivity contribution in [1.29, 1.82) is 0 Å². The number of Topliss-reactive ketones (excluding diaryl/α,β-unsaturated/α-hetero) is 1. The van der Waals surface area contributed by atoms with E-state index in [9.17, 15) is 9.59 Å². The second-order valence-electron chi connectivity index (χ2n) is 5.07. The molecular weight excluding hydrogens is 242 g/mol. The van der Waals surface area contributed by atoms with Crippen molar-refractivity contribution in [1.82, 2.24) is 0 Å². The Labute approximate surface area is 113 Å². The Morgan fingerprint density at radius 2 is 2.16 bits per heavy atom. The second-order valence-corrected chi connectivity index (χ2v) is 5.07. The first kappa shape index (κ1) is 13.6. The maximum atomic E-state index is 12.1. The summed E-state index contributed by atoms with van der Waals surface area (Å²) in [6, 6.07) is 5.77. The first-order valence-electron chi connectivity index (χ1n) is 6.48. The van der Waals surface area contributed by atoms with Gasteiger partial charge in [0.25, 0.3) is 0 Å². The molecule has 0 saturated heterocycles. The molecule has 0 aliphatic carbocycles. The van der Waals surface area contributed by atoms with Crippen molar-refractivity contribution < 1.29 is 14.3 Å². The third-order valence-corrected chi connectivity index (χ3v) is 3.62. The molecule has 1 atom stereocenters. The fourth-order valence-corrected chi connectivity index (χ4v) is 2.42. The van der Waals surface area contributed by atoms with Gasteiger partial charge in [-0.2, -0.15) is 0 Å². The van der Waals surface area contributed by atoms with Crippen molar-refractivity contribution in [2.24, 2.45) is 5.92 Å². The zero-order valence-electron chi connectivity index (χ0n) is 11.6. The van der Waals surface area contributed by atoms with Crippen molar-refractivity contribution >= 4 is 17.4 Å². The van der Waals surface area contributed by atoms with E-state index >= 15 is 0 Å². The third kappa shape index (κ3) is 2.78. The average molecular weight is 261 g/mol. The number of carbonyl (C=O) groups excluding carboxylic acids is 2. The van der Waals surface area contributed by atoms with E-state index < -0.39 is 5.92 Å². The minimum absolute atomic E-state index is 0.00440. The number of rotatable bonds is 4. The number of fused-ring (bicyclic) bond motifs is 1. The van der Waals surface area contributed by atoms with Gasteiger partial charge >= 0.3 is 5.97 Å². The van der Waals surface area contributed by atoms with E-state index in [1.165, 1.54) is 18.4 Å². The lowest BCUT2D eigenvalue weighted by atomic mass is 9.98. The van der Waals surface area contributed by atoms with Crippen LogP contribution in [-0.4, -0.2) is 32.5 Å². The molecule has 0 fully saturated rings. The minimum Gasteiger partial charge on any atom is -0.469 e. The zero-order valence-corrected chi connectivity index (χ0v) is 11.6. The lowest BCUT2D eigenvalue weighted by Crippen LogP contribution is -2.17. The number of methoxy groups -OCH3 is 1. The molecule has 1 aromatic carbocycles. The van der Waals surface area contributed by atoms with E-state index in [0.717, 1.165) is 13.0 Å². The van der Waals surface area contributed by atoms with Crippen LogP contribution in [0.1, 0.15) is 29.3 Å². The maximum Gasteiger partial charge on any atom is 0.308 e. The van der Waals surface area contributed by atoms with Gasteiger partial charge in [0.05, 0.1) is 13.0 Å². The molecule has 1 heterocycles. The Kier molecular flexibility index (Phi) is 3.88. The standard InChI is InChI=1S/C15H19NO3/c1-10(15(18)19-3)8-14(17)12-4-5-13-11(9-12)6-7-16(13)2/h4-5,9-10H,6-8H2,1-3H3. The molecule has 19 heavy (non-hydrogen) atoms. The van der Waals surface area contributed by atoms with Crippen LogP contribution in [0.4, 0.5) is 5.69 Å². The van der Waals surface area contributed by atoms with Gasteiger partial charge in [0.15, 0.2) is 5.78 Å². The van der Waals surface area contributed by atoms with Crippen LogP contribution in [0.25, 0.3) is 0 Å². The summed E-state index contributed by atoms with van der Waals surface area (Å²) in [6.45, 7) is 2.70. The molecule has 1 aliphatic rings. The predicted octanol–water partition coefficient (Wildman–Crippen LogP) is 2.06. The molecule has 1 aromatic rings. The summed E-state index contributed by atoms with van der Waals surface area (Å²) >= 11 is 0. The van der Waals surface area contributed by atoms with E-state index in [1.54, 1.807) is 6.92 Å². The lowest BCUT2D eigenvalue weighted by molar-refractivity contribution is -0.144. The molecule has 1 unspecified atom stereocenters. The Bertz CT molecular complexity index is 510. The number of ketones is 1. The van der Waals surface area contributed by atoms with Gasteiger partial charge in [-0.05, 0) is 30.2 Å². The lowest BCUT2D eigenvalue weighted by Gasteiger charge is -2.12. The van der Waals surface area contributed by atoms with Gasteiger partial charge in [-0.15, -0.1) is 0 Å². The number of anilines is 1. The Balaban J connectivity index is 2.10. The second kappa shape index (κ2) is 5.43. The molecule has 4 nitrogen and oxygen atoms in total. The van der Waals surface area contributed by atoms with Gasteiger partial charge in [0.1, 0.15) is 0 Å². The Morgan fingerprint density at radius 1 is 1.42 bits per heavy atom. The molecule has 0 N–H and O–H groups in total. The largest absolute Gasteiger partial charge is 0.469 e. The van der Waals surface area contributed by atoms with Crippen LogP contribution in [0.5, 0.6) is 0 Å². The third-order valence-electron chi connectivity index (χ3n) is 3.62. The fraction of sp³-hybridized carbons (Fsp3) is 0.467. The summed E-state index contributed by atoms with van der Waals surface area (Å²) in [5.41, 5.74) is 3.08. The summed E-state index contributed by atoms with van der Waals surface area (Å²) in [5.74, 6) is -0.738. The van der Waals surface area contributed by atoms with E-state index in [4.69, 9.17) is 0 Å². The predicted molar refractivity (Wildman–Crippen MR) is 73.5 cm³/mol. The number of benzene rings is 1. The van der Waals surface area contributed by atoms with Crippen LogP contribution in [0, 0.1) is 5.92 Å². The molecule has 4 heteroatoms. The molecule has 0 bridgehead atoms. The molecule has 0 spiro atoms. The number of nitrogens with zero attached hydrogens (tertiary/aromatic N) is 1. The van der Waals surface area contributed by atoms with Crippen molar-refractivity contribution in [2.45, 2.75) is 19.8 Å².